The zero-order valence-electron chi connectivity index (χ0n) is 19.3. The van der Waals surface area contributed by atoms with Crippen LogP contribution in [0.5, 0.6) is 5.75 Å². The van der Waals surface area contributed by atoms with E-state index in [2.05, 4.69) is 25.2 Å². The molecule has 0 unspecified atom stereocenters. The van der Waals surface area contributed by atoms with Gasteiger partial charge in [0.2, 0.25) is 10.0 Å². The third kappa shape index (κ3) is 9.33. The van der Waals surface area contributed by atoms with Crippen molar-refractivity contribution in [3.05, 3.63) is 72.8 Å². The molecule has 0 spiro atoms. The Labute approximate surface area is 203 Å². The van der Waals surface area contributed by atoms with Gasteiger partial charge in [0.1, 0.15) is 19.0 Å². The minimum Gasteiger partial charge on any atom is -0.490 e. The summed E-state index contributed by atoms with van der Waals surface area (Å²) in [6.45, 7) is 2.23. The zero-order valence-corrected chi connectivity index (χ0v) is 20.1. The maximum absolute atomic E-state index is 11.2. The van der Waals surface area contributed by atoms with E-state index in [9.17, 15) is 13.2 Å². The van der Waals surface area contributed by atoms with Gasteiger partial charge in [-0.2, -0.15) is 20.5 Å². The van der Waals surface area contributed by atoms with E-state index in [1.807, 2.05) is 0 Å². The Bertz CT molecular complexity index is 1270. The molecule has 0 bridgehead atoms. The van der Waals surface area contributed by atoms with E-state index in [-0.39, 0.29) is 19.2 Å². The summed E-state index contributed by atoms with van der Waals surface area (Å²) in [4.78, 5) is 11.1. The molecule has 0 amide bonds. The summed E-state index contributed by atoms with van der Waals surface area (Å²) in [7, 11) is -3.32. The second-order valence-corrected chi connectivity index (χ2v) is 9.00. The van der Waals surface area contributed by atoms with Gasteiger partial charge in [-0.05, 0) is 72.8 Å². The van der Waals surface area contributed by atoms with Crippen LogP contribution in [0.1, 0.15) is 13.3 Å². The van der Waals surface area contributed by atoms with E-state index >= 15 is 0 Å². The number of carbonyl (C=O) groups excluding carboxylic acids is 1. The number of nitrogens with zero attached hydrogens (tertiary/aromatic N) is 4. The molecule has 35 heavy (non-hydrogen) atoms. The fourth-order valence-electron chi connectivity index (χ4n) is 2.65. The smallest absolute Gasteiger partial charge is 0.305 e. The summed E-state index contributed by atoms with van der Waals surface area (Å²) in [5.41, 5.74) is 2.99. The Morgan fingerprint density at radius 2 is 1.17 bits per heavy atom. The molecule has 0 aliphatic heterocycles. The van der Waals surface area contributed by atoms with E-state index in [4.69, 9.17) is 9.47 Å². The number of hydrogen-bond donors (Lipinski definition) is 1. The largest absolute Gasteiger partial charge is 0.490 e. The van der Waals surface area contributed by atoms with E-state index < -0.39 is 10.0 Å². The molecule has 3 aromatic carbocycles. The Morgan fingerprint density at radius 1 is 0.743 bits per heavy atom. The standard InChI is InChI=1S/C24H25N5O5S/c1-3-24(30)34-17-16-33-23-14-12-21(13-15-23)28-26-19-6-4-18(5-7-19)25-27-20-8-10-22(11-9-20)29-35(2,31)32/h4-15,29H,3,16-17H2,1-2H3. The number of azo groups is 2. The zero-order chi connectivity index (χ0) is 25.1. The Morgan fingerprint density at radius 3 is 1.60 bits per heavy atom. The lowest BCUT2D eigenvalue weighted by Gasteiger charge is -2.06. The molecule has 0 aliphatic carbocycles. The molecule has 11 heteroatoms. The molecule has 0 aromatic heterocycles. The van der Waals surface area contributed by atoms with E-state index in [0.29, 0.717) is 40.6 Å². The predicted molar refractivity (Wildman–Crippen MR) is 133 cm³/mol. The van der Waals surface area contributed by atoms with Crippen LogP contribution in [0.4, 0.5) is 28.4 Å². The number of hydrogen-bond acceptors (Lipinski definition) is 9. The average molecular weight is 496 g/mol. The van der Waals surface area contributed by atoms with Crippen LogP contribution in [0, 0.1) is 0 Å². The van der Waals surface area contributed by atoms with Crippen molar-refractivity contribution in [2.24, 2.45) is 20.5 Å². The van der Waals surface area contributed by atoms with Crippen LogP contribution in [0.2, 0.25) is 0 Å². The Hall–Kier alpha value is -4.12. The Balaban J connectivity index is 1.50. The molecule has 0 radical (unpaired) electrons. The average Bonchev–Trinajstić information content (AvgIpc) is 2.85. The molecule has 0 aliphatic rings. The number of anilines is 1. The van der Waals surface area contributed by atoms with Crippen molar-refractivity contribution in [2.75, 3.05) is 24.2 Å². The highest BCUT2D eigenvalue weighted by Crippen LogP contribution is 2.25. The van der Waals surface area contributed by atoms with Gasteiger partial charge in [0.25, 0.3) is 0 Å². The number of sulfonamides is 1. The van der Waals surface area contributed by atoms with Crippen molar-refractivity contribution in [1.29, 1.82) is 0 Å². The first kappa shape index (κ1) is 25.5. The third-order valence-electron chi connectivity index (χ3n) is 4.32. The summed E-state index contributed by atoms with van der Waals surface area (Å²) in [6, 6.07) is 20.7. The minimum absolute atomic E-state index is 0.207. The highest BCUT2D eigenvalue weighted by atomic mass is 32.2. The van der Waals surface area contributed by atoms with E-state index in [1.54, 1.807) is 79.7 Å². The second-order valence-electron chi connectivity index (χ2n) is 7.25. The summed E-state index contributed by atoms with van der Waals surface area (Å²) < 4.78 is 35.4. The van der Waals surface area contributed by atoms with Crippen molar-refractivity contribution in [1.82, 2.24) is 0 Å². The molecule has 182 valence electrons. The van der Waals surface area contributed by atoms with Crippen LogP contribution in [0.25, 0.3) is 0 Å². The topological polar surface area (TPSA) is 131 Å². The number of carbonyl (C=O) groups is 1. The molecule has 0 fully saturated rings. The van der Waals surface area contributed by atoms with E-state index in [0.717, 1.165) is 6.26 Å². The van der Waals surface area contributed by atoms with Gasteiger partial charge in [0.15, 0.2) is 0 Å². The van der Waals surface area contributed by atoms with Crippen LogP contribution < -0.4 is 9.46 Å². The minimum atomic E-state index is -3.32. The van der Waals surface area contributed by atoms with Gasteiger partial charge in [-0.15, -0.1) is 0 Å². The van der Waals surface area contributed by atoms with Crippen molar-refractivity contribution >= 4 is 44.4 Å². The quantitative estimate of drug-likeness (QED) is 0.192. The highest BCUT2D eigenvalue weighted by molar-refractivity contribution is 7.92. The summed E-state index contributed by atoms with van der Waals surface area (Å²) in [5, 5.41) is 16.7. The van der Waals surface area contributed by atoms with E-state index in [1.165, 1.54) is 0 Å². The van der Waals surface area contributed by atoms with Gasteiger partial charge < -0.3 is 9.47 Å². The van der Waals surface area contributed by atoms with Gasteiger partial charge in [0.05, 0.1) is 29.0 Å². The van der Waals surface area contributed by atoms with Crippen LogP contribution in [0.15, 0.2) is 93.3 Å². The highest BCUT2D eigenvalue weighted by Gasteiger charge is 2.02. The lowest BCUT2D eigenvalue weighted by molar-refractivity contribution is -0.143. The molecule has 10 nitrogen and oxygen atoms in total. The maximum atomic E-state index is 11.2. The fraction of sp³-hybridized carbons (Fsp3) is 0.208. The molecule has 0 saturated heterocycles. The van der Waals surface area contributed by atoms with Crippen molar-refractivity contribution in [2.45, 2.75) is 13.3 Å². The number of rotatable bonds is 11. The van der Waals surface area contributed by atoms with Gasteiger partial charge in [-0.3, -0.25) is 9.52 Å². The molecular formula is C24H25N5O5S. The van der Waals surface area contributed by atoms with Gasteiger partial charge >= 0.3 is 5.97 Å². The first-order chi connectivity index (χ1) is 16.8. The van der Waals surface area contributed by atoms with Crippen LogP contribution in [-0.4, -0.2) is 33.9 Å². The number of esters is 1. The van der Waals surface area contributed by atoms with Crippen molar-refractivity contribution < 1.29 is 22.7 Å². The van der Waals surface area contributed by atoms with Gasteiger partial charge in [-0.25, -0.2) is 8.42 Å². The number of ether oxygens (including phenoxy) is 2. The van der Waals surface area contributed by atoms with Crippen molar-refractivity contribution in [3.63, 3.8) is 0 Å². The summed E-state index contributed by atoms with van der Waals surface area (Å²) in [5.74, 6) is 0.393. The molecule has 0 heterocycles. The first-order valence-electron chi connectivity index (χ1n) is 10.7. The Kier molecular flexibility index (Phi) is 9.02. The predicted octanol–water partition coefficient (Wildman–Crippen LogP) is 6.22. The molecule has 3 aromatic rings. The fourth-order valence-corrected chi connectivity index (χ4v) is 3.22. The lowest BCUT2D eigenvalue weighted by Crippen LogP contribution is -2.11. The molecule has 3 rings (SSSR count). The molecule has 0 saturated carbocycles. The molecule has 0 atom stereocenters. The summed E-state index contributed by atoms with van der Waals surface area (Å²) in [6.07, 6.45) is 1.43. The lowest BCUT2D eigenvalue weighted by atomic mass is 10.3. The van der Waals surface area contributed by atoms with Crippen LogP contribution >= 0.6 is 0 Å². The van der Waals surface area contributed by atoms with Crippen molar-refractivity contribution in [3.8, 4) is 5.75 Å². The summed E-state index contributed by atoms with van der Waals surface area (Å²) >= 11 is 0. The molecule has 1 N–H and O–H groups in total. The van der Waals surface area contributed by atoms with Crippen LogP contribution in [0.3, 0.4) is 0 Å². The monoisotopic (exact) mass is 495 g/mol. The normalized spacial score (nSPS) is 11.6. The second kappa shape index (κ2) is 12.4. The molecular weight excluding hydrogens is 470 g/mol. The van der Waals surface area contributed by atoms with Gasteiger partial charge in [-0.1, -0.05) is 6.92 Å². The third-order valence-corrected chi connectivity index (χ3v) is 4.93. The maximum Gasteiger partial charge on any atom is 0.305 e. The number of nitrogens with one attached hydrogen (secondary N) is 1. The first-order valence-corrected chi connectivity index (χ1v) is 12.6. The number of benzene rings is 3. The SMILES string of the molecule is CCC(=O)OCCOc1ccc(N=Nc2ccc(N=Nc3ccc(NS(C)(=O)=O)cc3)cc2)cc1. The van der Waals surface area contributed by atoms with Crippen LogP contribution in [-0.2, 0) is 19.6 Å². The van der Waals surface area contributed by atoms with Gasteiger partial charge in [0, 0.05) is 12.1 Å².